The van der Waals surface area contributed by atoms with Crippen molar-refractivity contribution < 1.29 is 111 Å². The molecule has 0 amide bonds. The molecule has 0 spiro atoms. The number of hydrogen-bond acceptors (Lipinski definition) is 30. The van der Waals surface area contributed by atoms with Crippen LogP contribution in [0.3, 0.4) is 0 Å². The van der Waals surface area contributed by atoms with Crippen LogP contribution >= 0.6 is 98.3 Å². The Bertz CT molecular complexity index is 4760. The number of thiazole rings is 8. The largest absolute Gasteiger partial charge is 0.480 e. The van der Waals surface area contributed by atoms with Crippen LogP contribution in [0.15, 0.2) is 142 Å². The van der Waals surface area contributed by atoms with Gasteiger partial charge < -0.3 is 55.4 Å². The summed E-state index contributed by atoms with van der Waals surface area (Å²) in [6.45, 7) is 13.0. The van der Waals surface area contributed by atoms with Crippen molar-refractivity contribution in [2.45, 2.75) is 59.4 Å². The molecule has 10 heterocycles. The van der Waals surface area contributed by atoms with Gasteiger partial charge in [0.2, 0.25) is 40.9 Å². The fourth-order valence-electron chi connectivity index (χ4n) is 6.14. The van der Waals surface area contributed by atoms with Gasteiger partial charge in [0.05, 0.1) is 44.8 Å². The molecule has 0 radical (unpaired) electrons. The lowest BCUT2D eigenvalue weighted by molar-refractivity contribution is 0.0681. The topological polar surface area (TPSA) is 548 Å². The average molecular weight is 1620 g/mol. The third kappa shape index (κ3) is 32.3. The van der Waals surface area contributed by atoms with Crippen LogP contribution in [-0.2, 0) is 14.7 Å². The van der Waals surface area contributed by atoms with Gasteiger partial charge in [-0.2, -0.15) is 13.4 Å². The average Bonchev–Trinajstić information content (AvgIpc) is 1.68. The summed E-state index contributed by atoms with van der Waals surface area (Å²) in [6.07, 6.45) is 4.19. The third-order valence-electron chi connectivity index (χ3n) is 10.9. The summed E-state index contributed by atoms with van der Waals surface area (Å²) in [7, 11) is -6.80. The van der Waals surface area contributed by atoms with Crippen molar-refractivity contribution in [2.75, 3.05) is 7.11 Å². The van der Waals surface area contributed by atoms with E-state index in [0.29, 0.717) is 17.5 Å². The third-order valence-corrected chi connectivity index (χ3v) is 19.7. The first kappa shape index (κ1) is 87.9. The number of aryl methyl sites for hydroxylation is 5. The number of methoxy groups -OCH3 is 1. The van der Waals surface area contributed by atoms with E-state index in [9.17, 15) is 51.3 Å². The Morgan fingerprint density at radius 2 is 0.990 bits per heavy atom. The van der Waals surface area contributed by atoms with E-state index >= 15 is 0 Å². The van der Waals surface area contributed by atoms with Crippen molar-refractivity contribution in [1.82, 2.24) is 49.8 Å². The predicted molar refractivity (Wildman–Crippen MR) is 390 cm³/mol. The monoisotopic (exact) mass is 1620 g/mol. The van der Waals surface area contributed by atoms with Gasteiger partial charge in [0.25, 0.3) is 0 Å². The lowest BCUT2D eigenvalue weighted by Gasteiger charge is -1.99. The molecule has 0 aliphatic rings. The minimum absolute atomic E-state index is 0.0526. The highest BCUT2D eigenvalue weighted by molar-refractivity contribution is 7.85. The van der Waals surface area contributed by atoms with E-state index in [1.54, 1.807) is 66.7 Å². The van der Waals surface area contributed by atoms with Crippen LogP contribution < -0.4 is 10.2 Å². The molecule has 12 rings (SSSR count). The van der Waals surface area contributed by atoms with Gasteiger partial charge in [-0.3, -0.25) is 9.12 Å². The number of carboxylic acids is 8. The molecule has 0 atom stereocenters. The standard InChI is InChI=1S/C10H7NO2S.C8H5NO2S.C7H9NO2S.C6H7NO2S.C5H6NO3P.2C5H5NO3S.3C5H5NO2S/c12-10(13)9-11-8(6-14-9)7-4-2-1-3-5-7;10-8(11)7-9-5-3-1-2-4-6(5)12-7;1-4(2)5-3-11-6(8-5)7(9)10;1-3-4(2)10-5(7-3)6(8)9;7-10(8,9)5-3-1-2-4-6-5;1-9-3-2-10-4(6-3)5(7)8;7-10(8,9)5-3-1-2-4-6-5;1-3-6-4(2-9-3)5(7)8;1-3-2-9-4(6-3)5(7)8;1-3-2-6-4(9-3)5(7)8/h1-6H,(H,12,13);1-4H,(H,10,11);3-4H,1-2H3,(H,9,10);1-2H3,(H,8,9);1-4H,(H2,7,8,9);2H,1H3,(H,7,8);1-4H,(H,7,8,9);3*2H,1H3,(H,7,8). The van der Waals surface area contributed by atoms with E-state index in [4.69, 9.17) is 55.2 Å². The quantitative estimate of drug-likeness (QED) is 0.0377. The molecule has 33 nitrogen and oxygen atoms in total. The fraction of sp³-hybridized carbons (Fsp3) is 0.148. The summed E-state index contributed by atoms with van der Waals surface area (Å²) in [4.78, 5) is 139. The molecule has 0 saturated carbocycles. The zero-order valence-corrected chi connectivity index (χ0v) is 63.0. The number of para-hydroxylation sites is 1. The van der Waals surface area contributed by atoms with Crippen molar-refractivity contribution in [3.63, 3.8) is 0 Å². The van der Waals surface area contributed by atoms with Gasteiger partial charge in [0.15, 0.2) is 16.2 Å². The summed E-state index contributed by atoms with van der Waals surface area (Å²) >= 11 is 9.44. The van der Waals surface area contributed by atoms with Gasteiger partial charge in [-0.25, -0.2) is 83.2 Å². The maximum Gasteiger partial charge on any atom is 0.374 e. The highest BCUT2D eigenvalue weighted by Crippen LogP contribution is 2.31. The number of nitrogens with zero attached hydrogens (tertiary/aromatic N) is 10. The molecule has 10 aromatic heterocycles. The van der Waals surface area contributed by atoms with Crippen molar-refractivity contribution in [1.29, 1.82) is 0 Å². The maximum atomic E-state index is 10.6. The Morgan fingerprint density at radius 1 is 0.481 bits per heavy atom. The van der Waals surface area contributed by atoms with Crippen LogP contribution in [0.1, 0.15) is 131 Å². The molecule has 104 heavy (non-hydrogen) atoms. The summed E-state index contributed by atoms with van der Waals surface area (Å²) in [5.41, 5.74) is 4.78. The highest BCUT2D eigenvalue weighted by atomic mass is 32.2. The Kier molecular flexibility index (Phi) is 36.8. The summed E-state index contributed by atoms with van der Waals surface area (Å²) in [6, 6.07) is 25.6. The minimum atomic E-state index is -4.13. The molecule has 0 saturated heterocycles. The van der Waals surface area contributed by atoms with Crippen LogP contribution in [0, 0.1) is 34.6 Å². The molecule has 550 valence electrons. The van der Waals surface area contributed by atoms with Crippen molar-refractivity contribution in [3.8, 4) is 17.1 Å². The number of rotatable bonds is 13. The number of benzene rings is 2. The Hall–Kier alpha value is -10.3. The zero-order chi connectivity index (χ0) is 78.0. The van der Waals surface area contributed by atoms with Gasteiger partial charge in [0, 0.05) is 61.1 Å². The summed E-state index contributed by atoms with van der Waals surface area (Å²) in [5.74, 6) is -7.05. The Balaban J connectivity index is 0.000000301. The molecule has 0 aliphatic carbocycles. The van der Waals surface area contributed by atoms with Gasteiger partial charge in [-0.15, -0.1) is 90.7 Å². The summed E-state index contributed by atoms with van der Waals surface area (Å²) < 4.78 is 45.1. The lowest BCUT2D eigenvalue weighted by Crippen LogP contribution is -2.06. The van der Waals surface area contributed by atoms with E-state index in [2.05, 4.69) is 54.6 Å². The normalized spacial score (nSPS) is 10.1. The second-order valence-corrected chi connectivity index (χ2v) is 30.0. The maximum absolute atomic E-state index is 10.6. The molecule has 0 unspecified atom stereocenters. The van der Waals surface area contributed by atoms with E-state index in [-0.39, 0.29) is 51.2 Å². The fourth-order valence-corrected chi connectivity index (χ4v) is 12.5. The van der Waals surface area contributed by atoms with Crippen LogP contribution in [0.2, 0.25) is 0 Å². The van der Waals surface area contributed by atoms with Gasteiger partial charge in [0.1, 0.15) is 0 Å². The number of ether oxygens (including phenoxy) is 1. The van der Waals surface area contributed by atoms with E-state index in [0.717, 1.165) is 81.6 Å². The number of aromatic nitrogens is 10. The number of aromatic carboxylic acids is 8. The first-order chi connectivity index (χ1) is 48.8. The van der Waals surface area contributed by atoms with E-state index < -0.39 is 65.5 Å². The molecule has 0 aliphatic heterocycles. The summed E-state index contributed by atoms with van der Waals surface area (Å²) in [5, 5.41) is 77.5. The Morgan fingerprint density at radius 3 is 1.33 bits per heavy atom. The molecule has 12 aromatic rings. The Labute approximate surface area is 621 Å². The van der Waals surface area contributed by atoms with Crippen molar-refractivity contribution in [3.05, 3.63) is 209 Å². The van der Waals surface area contributed by atoms with Crippen LogP contribution in [0.5, 0.6) is 5.88 Å². The van der Waals surface area contributed by atoms with Crippen LogP contribution in [0.4, 0.5) is 0 Å². The molecule has 0 fully saturated rings. The zero-order valence-electron chi connectivity index (χ0n) is 54.8. The van der Waals surface area contributed by atoms with Gasteiger partial charge >= 0.3 is 65.5 Å². The SMILES string of the molecule is CC(C)c1csc(C(=O)O)n1.COc1csc(C(=O)O)n1.Cc1cnc(C(=O)O)s1.Cc1csc(C(=O)O)n1.Cc1nc(C(=O)O)cs1.Cc1nc(C(=O)O)sc1C.O=C(O)c1nc(-c2ccccc2)cs1.O=C(O)c1nc2ccccc2s1.O=P(O)(O)c1ccccn1.O=S(=O)(O)c1ccccn1. The molecule has 43 heteroatoms. The number of carbonyl (C=O) groups is 8. The van der Waals surface area contributed by atoms with Crippen LogP contribution in [-0.4, -0.2) is 168 Å². The molecule has 2 aromatic carbocycles. The van der Waals surface area contributed by atoms with Crippen LogP contribution in [0.25, 0.3) is 21.5 Å². The molecular formula is C61H59N10O23PS9. The second-order valence-electron chi connectivity index (χ2n) is 19.1. The number of hydrogen-bond donors (Lipinski definition) is 11. The number of carboxylic acid groups (broad SMARTS) is 8. The second kappa shape index (κ2) is 43.6. The number of fused-ring (bicyclic) bond motifs is 1. The minimum Gasteiger partial charge on any atom is -0.480 e. The van der Waals surface area contributed by atoms with Gasteiger partial charge in [-0.05, 0) is 76.9 Å². The van der Waals surface area contributed by atoms with E-state index in [1.165, 1.54) is 106 Å². The first-order valence-electron chi connectivity index (χ1n) is 28.1. The van der Waals surface area contributed by atoms with Gasteiger partial charge in [-0.1, -0.05) is 68.4 Å². The highest BCUT2D eigenvalue weighted by Gasteiger charge is 2.18. The predicted octanol–water partition coefficient (Wildman–Crippen LogP) is 12.4. The molecular weight excluding hydrogens is 1560 g/mol. The van der Waals surface area contributed by atoms with E-state index in [1.807, 2.05) is 76.2 Å². The van der Waals surface area contributed by atoms with Crippen molar-refractivity contribution in [2.24, 2.45) is 0 Å². The molecule has 0 bridgehead atoms. The molecule has 11 N–H and O–H groups in total. The first-order valence-corrected chi connectivity index (χ1v) is 38.0. The number of pyridine rings is 2. The smallest absolute Gasteiger partial charge is 0.374 e. The van der Waals surface area contributed by atoms with Crippen molar-refractivity contribution >= 4 is 172 Å². The lowest BCUT2D eigenvalue weighted by atomic mass is 10.2.